The number of nitrogens with one attached hydrogen (secondary N) is 1. The Kier molecular flexibility index (Phi) is 5.16. The van der Waals surface area contributed by atoms with Crippen molar-refractivity contribution in [2.75, 3.05) is 26.2 Å². The lowest BCUT2D eigenvalue weighted by molar-refractivity contribution is -0.142. The number of piperidine rings is 2. The van der Waals surface area contributed by atoms with E-state index in [-0.39, 0.29) is 29.2 Å². The molecule has 2 aliphatic heterocycles. The van der Waals surface area contributed by atoms with Crippen molar-refractivity contribution in [1.29, 1.82) is 0 Å². The van der Waals surface area contributed by atoms with Crippen LogP contribution in [0.3, 0.4) is 0 Å². The number of hydrogen-bond donors (Lipinski definition) is 1. The first kappa shape index (κ1) is 18.6. The maximum absolute atomic E-state index is 12.9. The molecule has 0 saturated carbocycles. The van der Waals surface area contributed by atoms with Crippen LogP contribution in [0.25, 0.3) is 0 Å². The zero-order chi connectivity index (χ0) is 18.9. The van der Waals surface area contributed by atoms with Gasteiger partial charge in [0.05, 0.1) is 6.42 Å². The van der Waals surface area contributed by atoms with Gasteiger partial charge in [0.1, 0.15) is 5.82 Å². The van der Waals surface area contributed by atoms with Crippen molar-refractivity contribution < 1.29 is 9.59 Å². The second-order valence-corrected chi connectivity index (χ2v) is 7.72. The summed E-state index contributed by atoms with van der Waals surface area (Å²) in [5.74, 6) is 0.755. The van der Waals surface area contributed by atoms with Gasteiger partial charge in [0.2, 0.25) is 11.8 Å². The number of hydrogen-bond acceptors (Lipinski definition) is 4. The van der Waals surface area contributed by atoms with E-state index in [1.165, 1.54) is 0 Å². The molecule has 26 heavy (non-hydrogen) atoms. The normalized spacial score (nSPS) is 23.6. The topological polar surface area (TPSA) is 86.4 Å². The van der Waals surface area contributed by atoms with E-state index in [4.69, 9.17) is 0 Å². The zero-order valence-corrected chi connectivity index (χ0v) is 15.9. The van der Waals surface area contributed by atoms with Crippen molar-refractivity contribution in [2.45, 2.75) is 52.9 Å². The molecular formula is C19H28N4O3. The molecular weight excluding hydrogens is 332 g/mol. The number of likely N-dealkylation sites (tertiary alicyclic amines) is 2. The first-order chi connectivity index (χ1) is 12.3. The van der Waals surface area contributed by atoms with E-state index in [2.05, 4.69) is 9.97 Å². The first-order valence-electron chi connectivity index (χ1n) is 9.45. The number of H-pyrrole nitrogens is 1. The van der Waals surface area contributed by atoms with Gasteiger partial charge in [-0.1, -0.05) is 0 Å². The lowest BCUT2D eigenvalue weighted by Crippen LogP contribution is -2.55. The highest BCUT2D eigenvalue weighted by Crippen LogP contribution is 2.38. The number of aryl methyl sites for hydroxylation is 2. The van der Waals surface area contributed by atoms with E-state index in [0.29, 0.717) is 30.0 Å². The summed E-state index contributed by atoms with van der Waals surface area (Å²) in [5.41, 5.74) is 0.849. The lowest BCUT2D eigenvalue weighted by Gasteiger charge is -2.48. The molecule has 7 heteroatoms. The Balaban J connectivity index is 1.73. The summed E-state index contributed by atoms with van der Waals surface area (Å²) in [5, 5.41) is 0. The van der Waals surface area contributed by atoms with Crippen molar-refractivity contribution in [3.8, 4) is 0 Å². The minimum absolute atomic E-state index is 0.00478. The molecule has 3 rings (SSSR count). The standard InChI is InChI=1S/C19H28N4O3/c1-4-22-11-19(8-6-16(22)24)7-5-9-23(12-19)17(25)10-15-13(2)20-14(3)21-18(15)26/h4-12H2,1-3H3,(H,20,21,26). The van der Waals surface area contributed by atoms with Crippen LogP contribution in [0.15, 0.2) is 4.79 Å². The Hall–Kier alpha value is -2.18. The largest absolute Gasteiger partial charge is 0.342 e. The molecule has 0 radical (unpaired) electrons. The number of amides is 2. The van der Waals surface area contributed by atoms with Crippen LogP contribution >= 0.6 is 0 Å². The second kappa shape index (κ2) is 7.21. The van der Waals surface area contributed by atoms with Gasteiger partial charge in [0, 0.05) is 49.3 Å². The monoisotopic (exact) mass is 360 g/mol. The number of aromatic nitrogens is 2. The van der Waals surface area contributed by atoms with Crippen molar-refractivity contribution in [1.82, 2.24) is 19.8 Å². The van der Waals surface area contributed by atoms with Crippen LogP contribution in [0, 0.1) is 19.3 Å². The van der Waals surface area contributed by atoms with Crippen molar-refractivity contribution in [2.24, 2.45) is 5.41 Å². The molecule has 1 unspecified atom stereocenters. The quantitative estimate of drug-likeness (QED) is 0.877. The number of nitrogens with zero attached hydrogens (tertiary/aromatic N) is 3. The predicted octanol–water partition coefficient (Wildman–Crippen LogP) is 1.18. The third-order valence-corrected chi connectivity index (χ3v) is 5.81. The SMILES string of the molecule is CCN1CC2(CCCN(C(=O)Cc3c(C)nc(C)[nH]c3=O)C2)CCC1=O. The van der Waals surface area contributed by atoms with Gasteiger partial charge in [0.25, 0.3) is 5.56 Å². The van der Waals surface area contributed by atoms with Crippen LogP contribution in [0.5, 0.6) is 0 Å². The van der Waals surface area contributed by atoms with Gasteiger partial charge in [0.15, 0.2) is 0 Å². The summed E-state index contributed by atoms with van der Waals surface area (Å²) in [6, 6.07) is 0. The van der Waals surface area contributed by atoms with Crippen LogP contribution in [-0.4, -0.2) is 57.8 Å². The van der Waals surface area contributed by atoms with E-state index in [0.717, 1.165) is 38.9 Å². The molecule has 2 fully saturated rings. The maximum atomic E-state index is 12.9. The summed E-state index contributed by atoms with van der Waals surface area (Å²) < 4.78 is 0. The van der Waals surface area contributed by atoms with Crippen LogP contribution < -0.4 is 5.56 Å². The molecule has 7 nitrogen and oxygen atoms in total. The van der Waals surface area contributed by atoms with Crippen LogP contribution in [0.2, 0.25) is 0 Å². The summed E-state index contributed by atoms with van der Waals surface area (Å²) in [7, 11) is 0. The average molecular weight is 360 g/mol. The lowest BCUT2D eigenvalue weighted by atomic mass is 9.73. The predicted molar refractivity (Wildman–Crippen MR) is 97.8 cm³/mol. The molecule has 1 atom stereocenters. The van der Waals surface area contributed by atoms with E-state index >= 15 is 0 Å². The van der Waals surface area contributed by atoms with Gasteiger partial charge in [-0.15, -0.1) is 0 Å². The van der Waals surface area contributed by atoms with Crippen molar-refractivity contribution in [3.63, 3.8) is 0 Å². The first-order valence-corrected chi connectivity index (χ1v) is 9.45. The summed E-state index contributed by atoms with van der Waals surface area (Å²) in [4.78, 5) is 47.8. The Morgan fingerprint density at radius 3 is 2.69 bits per heavy atom. The number of rotatable bonds is 3. The molecule has 142 valence electrons. The van der Waals surface area contributed by atoms with Gasteiger partial charge in [-0.3, -0.25) is 14.4 Å². The van der Waals surface area contributed by atoms with Gasteiger partial charge >= 0.3 is 0 Å². The highest BCUT2D eigenvalue weighted by atomic mass is 16.2. The average Bonchev–Trinajstić information content (AvgIpc) is 2.60. The maximum Gasteiger partial charge on any atom is 0.254 e. The van der Waals surface area contributed by atoms with Crippen LogP contribution in [0.1, 0.15) is 49.7 Å². The Morgan fingerprint density at radius 1 is 1.23 bits per heavy atom. The smallest absolute Gasteiger partial charge is 0.254 e. The van der Waals surface area contributed by atoms with Gasteiger partial charge in [-0.2, -0.15) is 0 Å². The molecule has 1 spiro atoms. The fourth-order valence-electron chi connectivity index (χ4n) is 4.37. The molecule has 2 aliphatic rings. The Morgan fingerprint density at radius 2 is 2.00 bits per heavy atom. The summed E-state index contributed by atoms with van der Waals surface area (Å²) >= 11 is 0. The third-order valence-electron chi connectivity index (χ3n) is 5.81. The highest BCUT2D eigenvalue weighted by molar-refractivity contribution is 5.79. The van der Waals surface area contributed by atoms with E-state index in [1.54, 1.807) is 13.8 Å². The third kappa shape index (κ3) is 3.66. The Labute approximate surface area is 153 Å². The molecule has 3 heterocycles. The number of aromatic amines is 1. The molecule has 1 N–H and O–H groups in total. The number of carbonyl (C=O) groups is 2. The minimum Gasteiger partial charge on any atom is -0.342 e. The van der Waals surface area contributed by atoms with Gasteiger partial charge in [-0.05, 0) is 40.0 Å². The Bertz CT molecular complexity index is 773. The molecule has 1 aromatic heterocycles. The fourth-order valence-corrected chi connectivity index (χ4v) is 4.37. The molecule has 2 saturated heterocycles. The van der Waals surface area contributed by atoms with Crippen LogP contribution in [-0.2, 0) is 16.0 Å². The highest BCUT2D eigenvalue weighted by Gasteiger charge is 2.42. The molecule has 1 aromatic rings. The van der Waals surface area contributed by atoms with E-state index in [9.17, 15) is 14.4 Å². The van der Waals surface area contributed by atoms with E-state index in [1.807, 2.05) is 16.7 Å². The second-order valence-electron chi connectivity index (χ2n) is 7.72. The molecule has 0 bridgehead atoms. The summed E-state index contributed by atoms with van der Waals surface area (Å²) in [6.07, 6.45) is 3.49. The molecule has 0 aliphatic carbocycles. The molecule has 0 aromatic carbocycles. The number of carbonyl (C=O) groups excluding carboxylic acids is 2. The summed E-state index contributed by atoms with van der Waals surface area (Å²) in [6.45, 7) is 8.35. The zero-order valence-electron chi connectivity index (χ0n) is 15.9. The minimum atomic E-state index is -0.226. The van der Waals surface area contributed by atoms with Crippen LogP contribution in [0.4, 0.5) is 0 Å². The fraction of sp³-hybridized carbons (Fsp3) is 0.684. The van der Waals surface area contributed by atoms with Gasteiger partial charge < -0.3 is 14.8 Å². The van der Waals surface area contributed by atoms with Gasteiger partial charge in [-0.25, -0.2) is 4.98 Å². The molecule has 2 amide bonds. The van der Waals surface area contributed by atoms with Crippen molar-refractivity contribution >= 4 is 11.8 Å². The van der Waals surface area contributed by atoms with Crippen molar-refractivity contribution in [3.05, 3.63) is 27.4 Å². The van der Waals surface area contributed by atoms with E-state index < -0.39 is 0 Å².